The average Bonchev–Trinajstić information content (AvgIpc) is 3.10. The van der Waals surface area contributed by atoms with Crippen LogP contribution in [0.25, 0.3) is 16.9 Å². The SMILES string of the molecule is COC(=O)CSc1ncc(-c2ccccc2)n1-c1ccccc1OC. The Balaban J connectivity index is 2.11. The van der Waals surface area contributed by atoms with Crippen LogP contribution in [-0.4, -0.2) is 35.5 Å². The van der Waals surface area contributed by atoms with Crippen LogP contribution in [0.1, 0.15) is 0 Å². The van der Waals surface area contributed by atoms with Gasteiger partial charge in [-0.1, -0.05) is 54.2 Å². The van der Waals surface area contributed by atoms with Crippen LogP contribution in [0, 0.1) is 0 Å². The largest absolute Gasteiger partial charge is 0.495 e. The number of benzene rings is 2. The third-order valence-corrected chi connectivity index (χ3v) is 4.60. The second-order valence-corrected chi connectivity index (χ2v) is 6.11. The minimum absolute atomic E-state index is 0.191. The van der Waals surface area contributed by atoms with Gasteiger partial charge in [0.1, 0.15) is 5.75 Å². The molecule has 0 saturated carbocycles. The van der Waals surface area contributed by atoms with Crippen LogP contribution < -0.4 is 4.74 Å². The minimum atomic E-state index is -0.291. The summed E-state index contributed by atoms with van der Waals surface area (Å²) < 4.78 is 12.2. The summed E-state index contributed by atoms with van der Waals surface area (Å²) in [6.07, 6.45) is 1.81. The Morgan fingerprint density at radius 1 is 1.08 bits per heavy atom. The summed E-state index contributed by atoms with van der Waals surface area (Å²) in [6.45, 7) is 0. The van der Waals surface area contributed by atoms with Gasteiger partial charge in [-0.3, -0.25) is 9.36 Å². The molecule has 0 fully saturated rings. The van der Waals surface area contributed by atoms with Crippen LogP contribution >= 0.6 is 11.8 Å². The maximum Gasteiger partial charge on any atom is 0.316 e. The number of rotatable bonds is 6. The number of thioether (sulfide) groups is 1. The lowest BCUT2D eigenvalue weighted by molar-refractivity contribution is -0.137. The second-order valence-electron chi connectivity index (χ2n) is 5.16. The Labute approximate surface area is 150 Å². The Morgan fingerprint density at radius 2 is 1.80 bits per heavy atom. The summed E-state index contributed by atoms with van der Waals surface area (Å²) in [5.74, 6) is 0.634. The van der Waals surface area contributed by atoms with E-state index in [4.69, 9.17) is 9.47 Å². The van der Waals surface area contributed by atoms with E-state index in [1.54, 1.807) is 13.3 Å². The van der Waals surface area contributed by atoms with E-state index in [0.29, 0.717) is 5.16 Å². The number of ether oxygens (including phenoxy) is 2. The molecule has 5 nitrogen and oxygen atoms in total. The number of imidazole rings is 1. The van der Waals surface area contributed by atoms with Crippen molar-refractivity contribution < 1.29 is 14.3 Å². The summed E-state index contributed by atoms with van der Waals surface area (Å²) >= 11 is 1.33. The molecule has 6 heteroatoms. The van der Waals surface area contributed by atoms with E-state index in [2.05, 4.69) is 4.98 Å². The molecule has 25 heavy (non-hydrogen) atoms. The second kappa shape index (κ2) is 7.90. The fourth-order valence-corrected chi connectivity index (χ4v) is 3.30. The molecule has 0 aliphatic heterocycles. The zero-order valence-electron chi connectivity index (χ0n) is 14.0. The van der Waals surface area contributed by atoms with Crippen molar-refractivity contribution in [2.45, 2.75) is 5.16 Å². The molecule has 1 heterocycles. The number of hydrogen-bond acceptors (Lipinski definition) is 5. The standard InChI is InChI=1S/C19H18N2O3S/c1-23-17-11-7-6-10-15(17)21-16(14-8-4-3-5-9-14)12-20-19(21)25-13-18(22)24-2/h3-12H,13H2,1-2H3. The summed E-state index contributed by atoms with van der Waals surface area (Å²) in [6, 6.07) is 17.7. The highest BCUT2D eigenvalue weighted by Gasteiger charge is 2.18. The molecular formula is C19H18N2O3S. The molecule has 0 bridgehead atoms. The normalized spacial score (nSPS) is 10.5. The first-order valence-corrected chi connectivity index (χ1v) is 8.69. The number of nitrogens with zero attached hydrogens (tertiary/aromatic N) is 2. The van der Waals surface area contributed by atoms with Gasteiger partial charge < -0.3 is 9.47 Å². The van der Waals surface area contributed by atoms with E-state index >= 15 is 0 Å². The quantitative estimate of drug-likeness (QED) is 0.498. The molecule has 0 unspecified atom stereocenters. The van der Waals surface area contributed by atoms with E-state index in [9.17, 15) is 4.79 Å². The van der Waals surface area contributed by atoms with Crippen LogP contribution in [0.2, 0.25) is 0 Å². The summed E-state index contributed by atoms with van der Waals surface area (Å²) in [7, 11) is 3.02. The van der Waals surface area contributed by atoms with Gasteiger partial charge >= 0.3 is 5.97 Å². The minimum Gasteiger partial charge on any atom is -0.495 e. The van der Waals surface area contributed by atoms with Crippen molar-refractivity contribution in [2.75, 3.05) is 20.0 Å². The Hall–Kier alpha value is -2.73. The number of methoxy groups -OCH3 is 2. The van der Waals surface area contributed by atoms with Gasteiger partial charge in [0.2, 0.25) is 0 Å². The van der Waals surface area contributed by atoms with Gasteiger partial charge in [-0.2, -0.15) is 0 Å². The van der Waals surface area contributed by atoms with Gasteiger partial charge in [0, 0.05) is 5.56 Å². The lowest BCUT2D eigenvalue weighted by atomic mass is 10.1. The molecule has 0 saturated heterocycles. The number of aromatic nitrogens is 2. The molecule has 0 N–H and O–H groups in total. The zero-order valence-corrected chi connectivity index (χ0v) is 14.8. The predicted molar refractivity (Wildman–Crippen MR) is 98.3 cm³/mol. The average molecular weight is 354 g/mol. The zero-order chi connectivity index (χ0) is 17.6. The highest BCUT2D eigenvalue weighted by molar-refractivity contribution is 7.99. The molecule has 0 aliphatic carbocycles. The number of carbonyl (C=O) groups excluding carboxylic acids is 1. The topological polar surface area (TPSA) is 53.3 Å². The lowest BCUT2D eigenvalue weighted by Gasteiger charge is -2.15. The maximum atomic E-state index is 11.5. The van der Waals surface area contributed by atoms with Crippen LogP contribution in [0.5, 0.6) is 5.75 Å². The molecule has 0 atom stereocenters. The molecule has 3 aromatic rings. The Morgan fingerprint density at radius 3 is 2.52 bits per heavy atom. The van der Waals surface area contributed by atoms with Crippen molar-refractivity contribution >= 4 is 17.7 Å². The monoisotopic (exact) mass is 354 g/mol. The number of para-hydroxylation sites is 2. The molecular weight excluding hydrogens is 336 g/mol. The number of hydrogen-bond donors (Lipinski definition) is 0. The van der Waals surface area contributed by atoms with E-state index in [1.165, 1.54) is 18.9 Å². The van der Waals surface area contributed by atoms with Crippen molar-refractivity contribution in [1.29, 1.82) is 0 Å². The van der Waals surface area contributed by atoms with Crippen molar-refractivity contribution in [3.8, 4) is 22.7 Å². The molecule has 128 valence electrons. The van der Waals surface area contributed by atoms with Crippen LogP contribution in [0.15, 0.2) is 66.0 Å². The van der Waals surface area contributed by atoms with Crippen molar-refractivity contribution in [3.05, 3.63) is 60.8 Å². The van der Waals surface area contributed by atoms with Crippen molar-refractivity contribution in [2.24, 2.45) is 0 Å². The predicted octanol–water partition coefficient (Wildman–Crippen LogP) is 3.81. The lowest BCUT2D eigenvalue weighted by Crippen LogP contribution is -2.06. The number of esters is 1. The van der Waals surface area contributed by atoms with Gasteiger partial charge in [-0.25, -0.2) is 4.98 Å². The molecule has 0 radical (unpaired) electrons. The van der Waals surface area contributed by atoms with Gasteiger partial charge in [0.25, 0.3) is 0 Å². The highest BCUT2D eigenvalue weighted by atomic mass is 32.2. The van der Waals surface area contributed by atoms with E-state index < -0.39 is 0 Å². The molecule has 2 aromatic carbocycles. The molecule has 0 amide bonds. The Bertz CT molecular complexity index is 862. The smallest absolute Gasteiger partial charge is 0.316 e. The van der Waals surface area contributed by atoms with Crippen LogP contribution in [-0.2, 0) is 9.53 Å². The van der Waals surface area contributed by atoms with E-state index in [0.717, 1.165) is 22.7 Å². The summed E-state index contributed by atoms with van der Waals surface area (Å²) in [4.78, 5) is 16.0. The fourth-order valence-electron chi connectivity index (χ4n) is 2.48. The Kier molecular flexibility index (Phi) is 5.40. The first-order chi connectivity index (χ1) is 12.2. The van der Waals surface area contributed by atoms with Gasteiger partial charge in [-0.15, -0.1) is 0 Å². The fraction of sp³-hybridized carbons (Fsp3) is 0.158. The molecule has 3 rings (SSSR count). The third kappa shape index (κ3) is 3.69. The first-order valence-electron chi connectivity index (χ1n) is 7.70. The molecule has 0 spiro atoms. The maximum absolute atomic E-state index is 11.5. The van der Waals surface area contributed by atoms with Gasteiger partial charge in [0.15, 0.2) is 5.16 Å². The summed E-state index contributed by atoms with van der Waals surface area (Å²) in [5.41, 5.74) is 2.83. The van der Waals surface area contributed by atoms with Crippen molar-refractivity contribution in [3.63, 3.8) is 0 Å². The molecule has 0 aliphatic rings. The highest BCUT2D eigenvalue weighted by Crippen LogP contribution is 2.33. The first kappa shape index (κ1) is 17.1. The van der Waals surface area contributed by atoms with Crippen molar-refractivity contribution in [1.82, 2.24) is 9.55 Å². The van der Waals surface area contributed by atoms with Crippen LogP contribution in [0.3, 0.4) is 0 Å². The summed E-state index contributed by atoms with van der Waals surface area (Å²) in [5, 5.41) is 0.703. The molecule has 1 aromatic heterocycles. The number of carbonyl (C=O) groups is 1. The van der Waals surface area contributed by atoms with E-state index in [1.807, 2.05) is 59.2 Å². The van der Waals surface area contributed by atoms with Gasteiger partial charge in [0.05, 0.1) is 37.6 Å². The van der Waals surface area contributed by atoms with Gasteiger partial charge in [-0.05, 0) is 12.1 Å². The van der Waals surface area contributed by atoms with E-state index in [-0.39, 0.29) is 11.7 Å². The third-order valence-electron chi connectivity index (χ3n) is 3.67. The van der Waals surface area contributed by atoms with Crippen LogP contribution in [0.4, 0.5) is 0 Å².